The van der Waals surface area contributed by atoms with Crippen LogP contribution in [0.2, 0.25) is 5.02 Å². The average Bonchev–Trinajstić information content (AvgIpc) is 2.99. The van der Waals surface area contributed by atoms with E-state index in [-0.39, 0.29) is 6.10 Å². The highest BCUT2D eigenvalue weighted by molar-refractivity contribution is 7.98. The Morgan fingerprint density at radius 1 is 1.35 bits per heavy atom. The van der Waals surface area contributed by atoms with Crippen molar-refractivity contribution < 1.29 is 4.74 Å². The minimum atomic E-state index is 0.231. The summed E-state index contributed by atoms with van der Waals surface area (Å²) in [7, 11) is 0. The van der Waals surface area contributed by atoms with E-state index in [0.717, 1.165) is 27.2 Å². The van der Waals surface area contributed by atoms with E-state index in [1.807, 2.05) is 24.3 Å². The van der Waals surface area contributed by atoms with Crippen molar-refractivity contribution in [2.24, 2.45) is 5.92 Å². The van der Waals surface area contributed by atoms with Crippen LogP contribution in [-0.4, -0.2) is 16.1 Å². The van der Waals surface area contributed by atoms with Gasteiger partial charge in [-0.15, -0.1) is 11.3 Å². The number of hydrogen-bond donors (Lipinski definition) is 1. The van der Waals surface area contributed by atoms with Gasteiger partial charge in [-0.1, -0.05) is 55.4 Å². The van der Waals surface area contributed by atoms with Crippen molar-refractivity contribution in [3.05, 3.63) is 45.3 Å². The van der Waals surface area contributed by atoms with E-state index < -0.39 is 0 Å². The van der Waals surface area contributed by atoms with Crippen LogP contribution in [0.25, 0.3) is 10.2 Å². The second-order valence-corrected chi connectivity index (χ2v) is 9.19. The fourth-order valence-electron chi connectivity index (χ4n) is 3.14. The number of hydrogen-bond acceptors (Lipinski definition) is 6. The van der Waals surface area contributed by atoms with Gasteiger partial charge in [0, 0.05) is 22.1 Å². The normalized spacial score (nSPS) is 17.0. The smallest absolute Gasteiger partial charge is 0.191 e. The molecule has 1 aromatic carbocycles. The van der Waals surface area contributed by atoms with Crippen LogP contribution in [0, 0.1) is 5.92 Å². The van der Waals surface area contributed by atoms with E-state index >= 15 is 0 Å². The lowest BCUT2D eigenvalue weighted by Crippen LogP contribution is -2.26. The monoisotopic (exact) mass is 405 g/mol. The summed E-state index contributed by atoms with van der Waals surface area (Å²) in [6, 6.07) is 7.83. The van der Waals surface area contributed by atoms with Gasteiger partial charge in [-0.05, 0) is 23.1 Å². The first-order valence-corrected chi connectivity index (χ1v) is 10.8. The Morgan fingerprint density at radius 2 is 2.15 bits per heavy atom. The molecule has 0 unspecified atom stereocenters. The average molecular weight is 406 g/mol. The predicted octanol–water partition coefficient (Wildman–Crippen LogP) is 5.32. The highest BCUT2D eigenvalue weighted by Gasteiger charge is 2.27. The van der Waals surface area contributed by atoms with Crippen LogP contribution >= 0.6 is 34.7 Å². The Kier molecular flexibility index (Phi) is 5.10. The van der Waals surface area contributed by atoms with Gasteiger partial charge >= 0.3 is 0 Å². The minimum absolute atomic E-state index is 0.231. The van der Waals surface area contributed by atoms with Crippen molar-refractivity contribution in [2.75, 3.05) is 5.73 Å². The maximum atomic E-state index is 6.32. The van der Waals surface area contributed by atoms with Gasteiger partial charge in [0.15, 0.2) is 5.16 Å². The number of nitrogen functional groups attached to an aromatic ring is 1. The molecule has 0 spiro atoms. The molecule has 2 aromatic heterocycles. The Morgan fingerprint density at radius 3 is 2.92 bits per heavy atom. The van der Waals surface area contributed by atoms with Gasteiger partial charge in [-0.2, -0.15) is 0 Å². The summed E-state index contributed by atoms with van der Waals surface area (Å²) in [6.45, 7) is 5.02. The van der Waals surface area contributed by atoms with E-state index in [2.05, 4.69) is 18.8 Å². The van der Waals surface area contributed by atoms with Gasteiger partial charge in [-0.3, -0.25) is 0 Å². The molecule has 0 fully saturated rings. The fraction of sp³-hybridized carbons (Fsp3) is 0.368. The van der Waals surface area contributed by atoms with E-state index in [0.29, 0.717) is 29.3 Å². The number of aromatic nitrogens is 2. The molecule has 1 atom stereocenters. The quantitative estimate of drug-likeness (QED) is 0.470. The fourth-order valence-corrected chi connectivity index (χ4v) is 5.46. The van der Waals surface area contributed by atoms with Gasteiger partial charge in [-0.25, -0.2) is 9.97 Å². The zero-order valence-electron chi connectivity index (χ0n) is 14.7. The van der Waals surface area contributed by atoms with Crippen LogP contribution < -0.4 is 5.73 Å². The number of thioether (sulfide) groups is 1. The first-order chi connectivity index (χ1) is 12.5. The van der Waals surface area contributed by atoms with Crippen molar-refractivity contribution in [3.63, 3.8) is 0 Å². The molecule has 0 saturated carbocycles. The minimum Gasteiger partial charge on any atom is -0.383 e. The van der Waals surface area contributed by atoms with Crippen LogP contribution in [-0.2, 0) is 23.5 Å². The SMILES string of the molecule is CC(C)[C@H]1Cc2c(sc3nc(SCc4ccccc4Cl)nc(N)c23)CO1. The van der Waals surface area contributed by atoms with E-state index in [1.54, 1.807) is 23.1 Å². The lowest BCUT2D eigenvalue weighted by Gasteiger charge is -2.26. The van der Waals surface area contributed by atoms with E-state index in [4.69, 9.17) is 27.1 Å². The first kappa shape index (κ1) is 18.0. The van der Waals surface area contributed by atoms with Gasteiger partial charge in [0.2, 0.25) is 0 Å². The number of nitrogens with zero attached hydrogens (tertiary/aromatic N) is 2. The van der Waals surface area contributed by atoms with Gasteiger partial charge in [0.25, 0.3) is 0 Å². The molecule has 0 radical (unpaired) electrons. The second-order valence-electron chi connectivity index (χ2n) is 6.75. The molecule has 7 heteroatoms. The molecular weight excluding hydrogens is 386 g/mol. The van der Waals surface area contributed by atoms with Crippen molar-refractivity contribution in [1.82, 2.24) is 9.97 Å². The highest BCUT2D eigenvalue weighted by Crippen LogP contribution is 2.39. The molecule has 3 aromatic rings. The number of ether oxygens (including phenoxy) is 1. The molecule has 26 heavy (non-hydrogen) atoms. The molecule has 0 amide bonds. The summed E-state index contributed by atoms with van der Waals surface area (Å²) in [4.78, 5) is 11.5. The molecule has 3 heterocycles. The number of anilines is 1. The lowest BCUT2D eigenvalue weighted by molar-refractivity contribution is 0.00203. The lowest BCUT2D eigenvalue weighted by atomic mass is 9.96. The molecule has 4 rings (SSSR count). The third-order valence-electron chi connectivity index (χ3n) is 4.63. The molecule has 0 bridgehead atoms. The summed E-state index contributed by atoms with van der Waals surface area (Å²) in [5.74, 6) is 1.76. The van der Waals surface area contributed by atoms with Crippen LogP contribution in [0.4, 0.5) is 5.82 Å². The maximum Gasteiger partial charge on any atom is 0.191 e. The van der Waals surface area contributed by atoms with Gasteiger partial charge in [0.05, 0.1) is 18.1 Å². The van der Waals surface area contributed by atoms with Crippen molar-refractivity contribution in [2.45, 2.75) is 43.9 Å². The van der Waals surface area contributed by atoms with Gasteiger partial charge in [0.1, 0.15) is 10.6 Å². The Labute approximate surface area is 166 Å². The molecule has 2 N–H and O–H groups in total. The number of benzene rings is 1. The Balaban J connectivity index is 1.63. The highest BCUT2D eigenvalue weighted by atomic mass is 35.5. The summed E-state index contributed by atoms with van der Waals surface area (Å²) in [5.41, 5.74) is 8.66. The zero-order chi connectivity index (χ0) is 18.3. The third kappa shape index (κ3) is 3.43. The van der Waals surface area contributed by atoms with E-state index in [9.17, 15) is 0 Å². The maximum absolute atomic E-state index is 6.32. The van der Waals surface area contributed by atoms with Crippen molar-refractivity contribution in [3.8, 4) is 0 Å². The van der Waals surface area contributed by atoms with E-state index in [1.165, 1.54) is 10.4 Å². The van der Waals surface area contributed by atoms with Crippen LogP contribution in [0.1, 0.15) is 29.9 Å². The summed E-state index contributed by atoms with van der Waals surface area (Å²) in [5, 5.41) is 2.47. The first-order valence-electron chi connectivity index (χ1n) is 8.58. The summed E-state index contributed by atoms with van der Waals surface area (Å²) >= 11 is 9.46. The predicted molar refractivity (Wildman–Crippen MR) is 110 cm³/mol. The van der Waals surface area contributed by atoms with Gasteiger partial charge < -0.3 is 10.5 Å². The molecular formula is C19H20ClN3OS2. The zero-order valence-corrected chi connectivity index (χ0v) is 17.0. The standard InChI is InChI=1S/C19H20ClN3OS2/c1-10(2)14-7-12-15(8-24-14)26-18-16(12)17(21)22-19(23-18)25-9-11-5-3-4-6-13(11)20/h3-6,10,14H,7-9H2,1-2H3,(H2,21,22,23)/t14-/m1/s1. The largest absolute Gasteiger partial charge is 0.383 e. The van der Waals surface area contributed by atoms with Crippen LogP contribution in [0.5, 0.6) is 0 Å². The Bertz CT molecular complexity index is 957. The third-order valence-corrected chi connectivity index (χ3v) is 7.00. The topological polar surface area (TPSA) is 61.0 Å². The Hall–Kier alpha value is -1.34. The summed E-state index contributed by atoms with van der Waals surface area (Å²) < 4.78 is 5.99. The van der Waals surface area contributed by atoms with Crippen LogP contribution in [0.3, 0.4) is 0 Å². The van der Waals surface area contributed by atoms with Crippen molar-refractivity contribution in [1.29, 1.82) is 0 Å². The number of rotatable bonds is 4. The molecule has 0 saturated heterocycles. The number of halogens is 1. The molecule has 0 aliphatic carbocycles. The van der Waals surface area contributed by atoms with Crippen molar-refractivity contribution >= 4 is 50.7 Å². The molecule has 4 nitrogen and oxygen atoms in total. The molecule has 1 aliphatic rings. The molecule has 136 valence electrons. The number of fused-ring (bicyclic) bond motifs is 3. The van der Waals surface area contributed by atoms with Crippen LogP contribution in [0.15, 0.2) is 29.4 Å². The number of nitrogens with two attached hydrogens (primary N) is 1. The second kappa shape index (κ2) is 7.35. The molecule has 1 aliphatic heterocycles. The summed E-state index contributed by atoms with van der Waals surface area (Å²) in [6.07, 6.45) is 1.11. The number of thiophene rings is 1.